The van der Waals surface area contributed by atoms with Gasteiger partial charge in [-0.2, -0.15) is 0 Å². The fourth-order valence-corrected chi connectivity index (χ4v) is 3.76. The minimum Gasteiger partial charge on any atom is -0.497 e. The standard InChI is InChI=1S/C22H21N3O5S/c1-13(21(26)23-15-9-8-14(27-2)12-18(15)28-3)31-22-24-19(16-6-4-10-29-16)20(25-22)17-7-5-11-30-17/h4-13H,1-3H3,(H,23,26)(H,24,25). The summed E-state index contributed by atoms with van der Waals surface area (Å²) in [5.41, 5.74) is 1.87. The number of nitrogens with one attached hydrogen (secondary N) is 2. The third-order valence-corrected chi connectivity index (χ3v) is 5.51. The zero-order chi connectivity index (χ0) is 21.8. The van der Waals surface area contributed by atoms with Gasteiger partial charge in [0.25, 0.3) is 0 Å². The van der Waals surface area contributed by atoms with E-state index in [1.54, 1.807) is 56.9 Å². The molecule has 31 heavy (non-hydrogen) atoms. The number of methoxy groups -OCH3 is 2. The van der Waals surface area contributed by atoms with E-state index < -0.39 is 5.25 Å². The molecule has 1 unspecified atom stereocenters. The minimum atomic E-state index is -0.438. The van der Waals surface area contributed by atoms with Crippen molar-refractivity contribution in [3.63, 3.8) is 0 Å². The van der Waals surface area contributed by atoms with Gasteiger partial charge in [-0.25, -0.2) is 4.98 Å². The Morgan fingerprint density at radius 1 is 1.10 bits per heavy atom. The third-order valence-electron chi connectivity index (χ3n) is 4.53. The average molecular weight is 439 g/mol. The SMILES string of the molecule is COc1ccc(NC(=O)C(C)Sc2nc(-c3ccco3)c(-c3ccco3)[nH]2)c(OC)c1. The summed E-state index contributed by atoms with van der Waals surface area (Å²) in [5.74, 6) is 2.20. The average Bonchev–Trinajstić information content (AvgIpc) is 3.54. The number of thioether (sulfide) groups is 1. The van der Waals surface area contributed by atoms with Crippen LogP contribution in [0.4, 0.5) is 5.69 Å². The molecule has 0 saturated carbocycles. The van der Waals surface area contributed by atoms with Crippen molar-refractivity contribution in [1.29, 1.82) is 0 Å². The first-order valence-corrected chi connectivity index (χ1v) is 10.3. The molecule has 2 N–H and O–H groups in total. The van der Waals surface area contributed by atoms with Gasteiger partial charge in [-0.3, -0.25) is 4.79 Å². The lowest BCUT2D eigenvalue weighted by Crippen LogP contribution is -2.22. The number of amides is 1. The highest BCUT2D eigenvalue weighted by molar-refractivity contribution is 8.00. The number of carbonyl (C=O) groups excluding carboxylic acids is 1. The Morgan fingerprint density at radius 3 is 2.48 bits per heavy atom. The van der Waals surface area contributed by atoms with E-state index in [0.29, 0.717) is 45.3 Å². The third kappa shape index (κ3) is 4.46. The molecule has 9 heteroatoms. The van der Waals surface area contributed by atoms with Gasteiger partial charge in [-0.1, -0.05) is 11.8 Å². The molecule has 4 aromatic rings. The van der Waals surface area contributed by atoms with Crippen molar-refractivity contribution in [1.82, 2.24) is 9.97 Å². The number of imidazole rings is 1. The molecular weight excluding hydrogens is 418 g/mol. The predicted molar refractivity (Wildman–Crippen MR) is 117 cm³/mol. The number of nitrogens with zero attached hydrogens (tertiary/aromatic N) is 1. The number of anilines is 1. The maximum absolute atomic E-state index is 12.8. The molecule has 3 heterocycles. The van der Waals surface area contributed by atoms with Crippen molar-refractivity contribution in [2.45, 2.75) is 17.3 Å². The largest absolute Gasteiger partial charge is 0.497 e. The number of aromatic amines is 1. The first-order chi connectivity index (χ1) is 15.1. The maximum Gasteiger partial charge on any atom is 0.237 e. The fourth-order valence-electron chi connectivity index (χ4n) is 2.96. The van der Waals surface area contributed by atoms with Crippen molar-refractivity contribution in [3.05, 3.63) is 55.0 Å². The van der Waals surface area contributed by atoms with Crippen LogP contribution in [0.2, 0.25) is 0 Å². The quantitative estimate of drug-likeness (QED) is 0.370. The number of aromatic nitrogens is 2. The summed E-state index contributed by atoms with van der Waals surface area (Å²) in [5, 5.41) is 3.02. The van der Waals surface area contributed by atoms with Gasteiger partial charge in [0.15, 0.2) is 16.7 Å². The summed E-state index contributed by atoms with van der Waals surface area (Å²) < 4.78 is 21.6. The normalized spacial score (nSPS) is 11.8. The molecule has 1 aromatic carbocycles. The smallest absolute Gasteiger partial charge is 0.237 e. The zero-order valence-electron chi connectivity index (χ0n) is 17.2. The van der Waals surface area contributed by atoms with Gasteiger partial charge in [-0.05, 0) is 43.3 Å². The molecule has 0 saturated heterocycles. The van der Waals surface area contributed by atoms with Gasteiger partial charge in [-0.15, -0.1) is 0 Å². The topological polar surface area (TPSA) is 103 Å². The van der Waals surface area contributed by atoms with Crippen LogP contribution in [-0.4, -0.2) is 35.3 Å². The van der Waals surface area contributed by atoms with Crippen LogP contribution in [0.15, 0.2) is 69.0 Å². The predicted octanol–water partition coefficient (Wildman–Crippen LogP) is 5.07. The Bertz CT molecular complexity index is 1100. The Hall–Kier alpha value is -3.59. The maximum atomic E-state index is 12.8. The Balaban J connectivity index is 1.53. The second kappa shape index (κ2) is 9.05. The highest BCUT2D eigenvalue weighted by Gasteiger charge is 2.22. The van der Waals surface area contributed by atoms with E-state index in [-0.39, 0.29) is 5.91 Å². The molecule has 0 aliphatic heterocycles. The number of rotatable bonds is 8. The molecule has 0 bridgehead atoms. The molecule has 4 rings (SSSR count). The van der Waals surface area contributed by atoms with Crippen LogP contribution in [-0.2, 0) is 4.79 Å². The van der Waals surface area contributed by atoms with Crippen LogP contribution in [0.25, 0.3) is 22.9 Å². The van der Waals surface area contributed by atoms with Crippen molar-refractivity contribution in [3.8, 4) is 34.4 Å². The first kappa shape index (κ1) is 20.7. The summed E-state index contributed by atoms with van der Waals surface area (Å²) in [6.45, 7) is 1.80. The molecule has 160 valence electrons. The van der Waals surface area contributed by atoms with Crippen molar-refractivity contribution < 1.29 is 23.1 Å². The van der Waals surface area contributed by atoms with Crippen LogP contribution in [0.1, 0.15) is 6.92 Å². The number of furan rings is 2. The number of H-pyrrole nitrogens is 1. The molecular formula is C22H21N3O5S. The summed E-state index contributed by atoms with van der Waals surface area (Å²) in [4.78, 5) is 20.7. The van der Waals surface area contributed by atoms with Crippen LogP contribution in [0, 0.1) is 0 Å². The van der Waals surface area contributed by atoms with Crippen LogP contribution < -0.4 is 14.8 Å². The van der Waals surface area contributed by atoms with E-state index in [2.05, 4.69) is 15.3 Å². The van der Waals surface area contributed by atoms with Gasteiger partial charge in [0.1, 0.15) is 22.9 Å². The summed E-state index contributed by atoms with van der Waals surface area (Å²) in [7, 11) is 3.11. The monoisotopic (exact) mass is 439 g/mol. The summed E-state index contributed by atoms with van der Waals surface area (Å²) in [6, 6.07) is 12.5. The Morgan fingerprint density at radius 2 is 1.84 bits per heavy atom. The number of benzene rings is 1. The molecule has 0 fully saturated rings. The molecule has 3 aromatic heterocycles. The number of ether oxygens (including phenoxy) is 2. The van der Waals surface area contributed by atoms with Crippen LogP contribution >= 0.6 is 11.8 Å². The molecule has 8 nitrogen and oxygen atoms in total. The molecule has 0 aliphatic carbocycles. The molecule has 0 aliphatic rings. The Kier molecular flexibility index (Phi) is 6.03. The van der Waals surface area contributed by atoms with Crippen molar-refractivity contribution in [2.75, 3.05) is 19.5 Å². The van der Waals surface area contributed by atoms with Crippen molar-refractivity contribution in [2.24, 2.45) is 0 Å². The van der Waals surface area contributed by atoms with Gasteiger partial charge >= 0.3 is 0 Å². The van der Waals surface area contributed by atoms with E-state index >= 15 is 0 Å². The van der Waals surface area contributed by atoms with E-state index in [1.165, 1.54) is 18.9 Å². The first-order valence-electron chi connectivity index (χ1n) is 9.46. The highest BCUT2D eigenvalue weighted by Crippen LogP contribution is 2.35. The molecule has 1 atom stereocenters. The van der Waals surface area contributed by atoms with Gasteiger partial charge in [0.2, 0.25) is 5.91 Å². The lowest BCUT2D eigenvalue weighted by Gasteiger charge is -2.14. The van der Waals surface area contributed by atoms with Gasteiger partial charge in [0, 0.05) is 6.07 Å². The summed E-state index contributed by atoms with van der Waals surface area (Å²) >= 11 is 1.29. The molecule has 0 radical (unpaired) electrons. The lowest BCUT2D eigenvalue weighted by molar-refractivity contribution is -0.115. The van der Waals surface area contributed by atoms with E-state index in [4.69, 9.17) is 18.3 Å². The van der Waals surface area contributed by atoms with E-state index in [9.17, 15) is 4.79 Å². The van der Waals surface area contributed by atoms with Crippen LogP contribution in [0.5, 0.6) is 11.5 Å². The Labute approximate surface area is 183 Å². The fraction of sp³-hybridized carbons (Fsp3) is 0.182. The number of hydrogen-bond acceptors (Lipinski definition) is 7. The van der Waals surface area contributed by atoms with Crippen molar-refractivity contribution >= 4 is 23.4 Å². The van der Waals surface area contributed by atoms with Gasteiger partial charge in [0.05, 0.1) is 37.7 Å². The van der Waals surface area contributed by atoms with Crippen LogP contribution in [0.3, 0.4) is 0 Å². The minimum absolute atomic E-state index is 0.191. The molecule has 1 amide bonds. The number of hydrogen-bond donors (Lipinski definition) is 2. The second-order valence-corrected chi connectivity index (χ2v) is 7.87. The zero-order valence-corrected chi connectivity index (χ0v) is 18.0. The van der Waals surface area contributed by atoms with E-state index in [0.717, 1.165) is 0 Å². The highest BCUT2D eigenvalue weighted by atomic mass is 32.2. The number of carbonyl (C=O) groups is 1. The molecule has 0 spiro atoms. The lowest BCUT2D eigenvalue weighted by atomic mass is 10.2. The summed E-state index contributed by atoms with van der Waals surface area (Å²) in [6.07, 6.45) is 3.17. The second-order valence-electron chi connectivity index (χ2n) is 6.54. The van der Waals surface area contributed by atoms with E-state index in [1.807, 2.05) is 12.1 Å². The van der Waals surface area contributed by atoms with Gasteiger partial charge < -0.3 is 28.6 Å².